The van der Waals surface area contributed by atoms with E-state index in [0.29, 0.717) is 5.56 Å². The molecule has 0 spiro atoms. The van der Waals surface area contributed by atoms with E-state index in [4.69, 9.17) is 9.47 Å². The molecule has 0 unspecified atom stereocenters. The van der Waals surface area contributed by atoms with Gasteiger partial charge in [-0.2, -0.15) is 0 Å². The second-order valence-corrected chi connectivity index (χ2v) is 7.37. The van der Waals surface area contributed by atoms with E-state index in [1.54, 1.807) is 0 Å². The normalized spacial score (nSPS) is 25.4. The summed E-state index contributed by atoms with van der Waals surface area (Å²) in [4.78, 5) is 12.5. The van der Waals surface area contributed by atoms with Gasteiger partial charge in [0.05, 0.1) is 12.2 Å². The van der Waals surface area contributed by atoms with Gasteiger partial charge in [-0.1, -0.05) is 6.07 Å². The van der Waals surface area contributed by atoms with Crippen molar-refractivity contribution in [3.8, 4) is 28.7 Å². The van der Waals surface area contributed by atoms with Gasteiger partial charge in [0.15, 0.2) is 28.8 Å². The maximum absolute atomic E-state index is 12.5. The number of ketones is 1. The Kier molecular flexibility index (Phi) is 7.06. The fraction of sp³-hybridized carbons (Fsp3) is 0.381. The first-order valence-electron chi connectivity index (χ1n) is 9.70. The van der Waals surface area contributed by atoms with Crippen LogP contribution in [-0.4, -0.2) is 83.9 Å². The Morgan fingerprint density at radius 2 is 1.62 bits per heavy atom. The first kappa shape index (κ1) is 23.6. The molecule has 8 N–H and O–H groups in total. The summed E-state index contributed by atoms with van der Waals surface area (Å²) in [5, 5.41) is 78.2. The predicted molar refractivity (Wildman–Crippen MR) is 107 cm³/mol. The molecular formula is C21H24O11. The number of aliphatic hydroxyl groups excluding tert-OH is 4. The number of rotatable bonds is 7. The van der Waals surface area contributed by atoms with E-state index in [1.165, 1.54) is 24.3 Å². The van der Waals surface area contributed by atoms with Crippen LogP contribution in [-0.2, 0) is 11.2 Å². The molecule has 0 radical (unpaired) electrons. The van der Waals surface area contributed by atoms with Gasteiger partial charge < -0.3 is 50.3 Å². The number of phenols is 4. The number of ether oxygens (including phenoxy) is 2. The number of aryl methyl sites for hydroxylation is 1. The lowest BCUT2D eigenvalue weighted by molar-refractivity contribution is -0.277. The molecular weight excluding hydrogens is 428 g/mol. The highest BCUT2D eigenvalue weighted by Crippen LogP contribution is 2.40. The van der Waals surface area contributed by atoms with E-state index < -0.39 is 54.6 Å². The van der Waals surface area contributed by atoms with E-state index in [9.17, 15) is 45.6 Å². The van der Waals surface area contributed by atoms with E-state index in [2.05, 4.69) is 0 Å². The minimum atomic E-state index is -1.72. The Morgan fingerprint density at radius 3 is 2.28 bits per heavy atom. The number of benzene rings is 2. The molecule has 1 heterocycles. The van der Waals surface area contributed by atoms with E-state index in [0.717, 1.165) is 6.07 Å². The number of aromatic hydroxyl groups is 4. The molecule has 1 fully saturated rings. The van der Waals surface area contributed by atoms with Crippen LogP contribution in [0.4, 0.5) is 0 Å². The largest absolute Gasteiger partial charge is 0.504 e. The van der Waals surface area contributed by atoms with Crippen molar-refractivity contribution in [2.75, 3.05) is 6.61 Å². The SMILES string of the molecule is O=C(CCc1ccc(O)c(O)c1)c1ccc(O[C@@H]2O[C@H](CO)[C@@H](O)[C@H](O)[C@H]2O)c(O)c1O. The lowest BCUT2D eigenvalue weighted by atomic mass is 9.99. The summed E-state index contributed by atoms with van der Waals surface area (Å²) in [6.07, 6.45) is -7.71. The zero-order valence-corrected chi connectivity index (χ0v) is 16.7. The molecule has 1 saturated heterocycles. The van der Waals surface area contributed by atoms with Crippen molar-refractivity contribution in [1.82, 2.24) is 0 Å². The van der Waals surface area contributed by atoms with Crippen LogP contribution in [0.25, 0.3) is 0 Å². The number of carbonyl (C=O) groups is 1. The molecule has 3 rings (SSSR count). The number of phenolic OH excluding ortho intramolecular Hbond substituents is 4. The third kappa shape index (κ3) is 4.71. The van der Waals surface area contributed by atoms with Crippen molar-refractivity contribution in [2.24, 2.45) is 0 Å². The maximum atomic E-state index is 12.5. The summed E-state index contributed by atoms with van der Waals surface area (Å²) in [6, 6.07) is 6.44. The average molecular weight is 452 g/mol. The summed E-state index contributed by atoms with van der Waals surface area (Å²) in [5.41, 5.74) is 0.367. The smallest absolute Gasteiger partial charge is 0.229 e. The minimum absolute atomic E-state index is 0.0792. The first-order valence-corrected chi connectivity index (χ1v) is 9.70. The molecule has 1 aliphatic heterocycles. The zero-order valence-electron chi connectivity index (χ0n) is 16.7. The fourth-order valence-electron chi connectivity index (χ4n) is 3.29. The molecule has 11 heteroatoms. The second kappa shape index (κ2) is 9.59. The third-order valence-electron chi connectivity index (χ3n) is 5.19. The fourth-order valence-corrected chi connectivity index (χ4v) is 3.29. The minimum Gasteiger partial charge on any atom is -0.504 e. The Hall–Kier alpha value is -3.09. The summed E-state index contributed by atoms with van der Waals surface area (Å²) in [5.74, 6) is -3.10. The molecule has 1 aliphatic rings. The van der Waals surface area contributed by atoms with Gasteiger partial charge in [-0.15, -0.1) is 0 Å². The van der Waals surface area contributed by atoms with Crippen molar-refractivity contribution < 1.29 is 55.1 Å². The molecule has 32 heavy (non-hydrogen) atoms. The number of hydrogen-bond acceptors (Lipinski definition) is 11. The van der Waals surface area contributed by atoms with Crippen LogP contribution >= 0.6 is 0 Å². The van der Waals surface area contributed by atoms with Gasteiger partial charge in [0.25, 0.3) is 0 Å². The second-order valence-electron chi connectivity index (χ2n) is 7.37. The summed E-state index contributed by atoms with van der Waals surface area (Å²) in [6.45, 7) is -0.672. The molecule has 0 aromatic heterocycles. The van der Waals surface area contributed by atoms with Gasteiger partial charge in [0.2, 0.25) is 12.0 Å². The quantitative estimate of drug-likeness (QED) is 0.199. The lowest BCUT2D eigenvalue weighted by Gasteiger charge is -2.39. The molecule has 2 aromatic carbocycles. The van der Waals surface area contributed by atoms with E-state index >= 15 is 0 Å². The summed E-state index contributed by atoms with van der Waals surface area (Å²) in [7, 11) is 0. The highest BCUT2D eigenvalue weighted by atomic mass is 16.7. The molecule has 174 valence electrons. The van der Waals surface area contributed by atoms with Crippen LogP contribution < -0.4 is 4.74 Å². The maximum Gasteiger partial charge on any atom is 0.229 e. The summed E-state index contributed by atoms with van der Waals surface area (Å²) >= 11 is 0. The lowest BCUT2D eigenvalue weighted by Crippen LogP contribution is -2.60. The van der Waals surface area contributed by atoms with Crippen molar-refractivity contribution in [3.63, 3.8) is 0 Å². The molecule has 0 bridgehead atoms. The highest BCUT2D eigenvalue weighted by Gasteiger charge is 2.45. The van der Waals surface area contributed by atoms with Gasteiger partial charge in [0, 0.05) is 6.42 Å². The highest BCUT2D eigenvalue weighted by molar-refractivity contribution is 5.99. The number of hydrogen-bond donors (Lipinski definition) is 8. The van der Waals surface area contributed by atoms with Gasteiger partial charge in [-0.25, -0.2) is 0 Å². The van der Waals surface area contributed by atoms with Gasteiger partial charge >= 0.3 is 0 Å². The third-order valence-corrected chi connectivity index (χ3v) is 5.19. The topological polar surface area (TPSA) is 197 Å². The Bertz CT molecular complexity index is 974. The number of Topliss-reactive ketones (excluding diaryl/α,β-unsaturated/α-hetero) is 1. The zero-order chi connectivity index (χ0) is 23.6. The molecule has 0 aliphatic carbocycles. The van der Waals surface area contributed by atoms with Crippen molar-refractivity contribution in [3.05, 3.63) is 41.5 Å². The van der Waals surface area contributed by atoms with Crippen molar-refractivity contribution in [1.29, 1.82) is 0 Å². The standard InChI is InChI=1S/C21H24O11/c22-8-15-18(28)19(29)20(30)21(32-15)31-14-6-3-10(16(26)17(14)27)11(23)4-1-9-2-5-12(24)13(25)7-9/h2-3,5-7,15,18-22,24-30H,1,4,8H2/t15-,18-,19+,20-,21-/m1/s1. The first-order chi connectivity index (χ1) is 15.1. The van der Waals surface area contributed by atoms with Gasteiger partial charge in [-0.05, 0) is 36.2 Å². The Morgan fingerprint density at radius 1 is 0.906 bits per heavy atom. The van der Waals surface area contributed by atoms with E-state index in [1.807, 2.05) is 0 Å². The van der Waals surface area contributed by atoms with Crippen LogP contribution in [0.1, 0.15) is 22.3 Å². The predicted octanol–water partition coefficient (Wildman–Crippen LogP) is -0.497. The van der Waals surface area contributed by atoms with Crippen molar-refractivity contribution >= 4 is 5.78 Å². The Labute approximate surface area is 182 Å². The van der Waals surface area contributed by atoms with E-state index in [-0.39, 0.29) is 35.7 Å². The van der Waals surface area contributed by atoms with Crippen molar-refractivity contribution in [2.45, 2.75) is 43.5 Å². The number of carbonyl (C=O) groups excluding carboxylic acids is 1. The Balaban J connectivity index is 1.71. The van der Waals surface area contributed by atoms with Crippen LogP contribution in [0.5, 0.6) is 28.7 Å². The molecule has 0 saturated carbocycles. The van der Waals surface area contributed by atoms with Crippen LogP contribution in [0.15, 0.2) is 30.3 Å². The number of aliphatic hydroxyl groups is 4. The monoisotopic (exact) mass is 452 g/mol. The van der Waals surface area contributed by atoms with Gasteiger partial charge in [-0.3, -0.25) is 4.79 Å². The van der Waals surface area contributed by atoms with Crippen LogP contribution in [0.2, 0.25) is 0 Å². The summed E-state index contributed by atoms with van der Waals surface area (Å²) < 4.78 is 10.5. The van der Waals surface area contributed by atoms with Gasteiger partial charge in [0.1, 0.15) is 24.4 Å². The van der Waals surface area contributed by atoms with Crippen LogP contribution in [0, 0.1) is 0 Å². The average Bonchev–Trinajstić information content (AvgIpc) is 2.77. The molecule has 11 nitrogen and oxygen atoms in total. The molecule has 0 amide bonds. The molecule has 2 aromatic rings. The van der Waals surface area contributed by atoms with Crippen LogP contribution in [0.3, 0.4) is 0 Å². The molecule has 5 atom stereocenters.